The Labute approximate surface area is 111 Å². The minimum Gasteiger partial charge on any atom is -0.446 e. The predicted octanol–water partition coefficient (Wildman–Crippen LogP) is 1.08. The summed E-state index contributed by atoms with van der Waals surface area (Å²) in [6, 6.07) is 0.612. The minimum absolute atomic E-state index is 0.0182. The van der Waals surface area contributed by atoms with Crippen LogP contribution in [0.4, 0.5) is 0 Å². The monoisotopic (exact) mass is 263 g/mol. The average Bonchev–Trinajstić information content (AvgIpc) is 3.28. The van der Waals surface area contributed by atoms with Crippen LogP contribution in [0.25, 0.3) is 0 Å². The molecule has 1 heterocycles. The fourth-order valence-electron chi connectivity index (χ4n) is 2.00. The lowest BCUT2D eigenvalue weighted by molar-refractivity contribution is -0.130. The Morgan fingerprint density at radius 2 is 2.16 bits per heavy atom. The molecule has 102 valence electrons. The third kappa shape index (κ3) is 2.94. The maximum atomic E-state index is 11.8. The summed E-state index contributed by atoms with van der Waals surface area (Å²) in [7, 11) is 0. The lowest BCUT2D eigenvalue weighted by atomic mass is 10.4. The van der Waals surface area contributed by atoms with Crippen LogP contribution >= 0.6 is 0 Å². The summed E-state index contributed by atoms with van der Waals surface area (Å²) in [5.74, 6) is 0.242. The molecule has 2 saturated carbocycles. The molecule has 0 saturated heterocycles. The molecule has 6 nitrogen and oxygen atoms in total. The highest BCUT2D eigenvalue weighted by Gasteiger charge is 2.32. The van der Waals surface area contributed by atoms with Gasteiger partial charge >= 0.3 is 0 Å². The van der Waals surface area contributed by atoms with Crippen LogP contribution in [0.2, 0.25) is 0 Å². The van der Waals surface area contributed by atoms with E-state index in [1.807, 2.05) is 0 Å². The van der Waals surface area contributed by atoms with Gasteiger partial charge in [-0.1, -0.05) is 0 Å². The van der Waals surface area contributed by atoms with Gasteiger partial charge in [-0.25, -0.2) is 4.98 Å². The SMILES string of the molecule is CC(=O)N(Cc1nc(C(=O)NC2CC2)co1)C1CC1. The highest BCUT2D eigenvalue weighted by molar-refractivity contribution is 5.92. The summed E-state index contributed by atoms with van der Waals surface area (Å²) >= 11 is 0. The van der Waals surface area contributed by atoms with Crippen molar-refractivity contribution in [3.63, 3.8) is 0 Å². The number of carbonyl (C=O) groups is 2. The Bertz CT molecular complexity index is 503. The molecule has 1 aromatic rings. The first kappa shape index (κ1) is 12.2. The number of amides is 2. The van der Waals surface area contributed by atoms with Gasteiger partial charge in [-0.15, -0.1) is 0 Å². The molecule has 0 bridgehead atoms. The van der Waals surface area contributed by atoms with Crippen LogP contribution in [0.5, 0.6) is 0 Å². The van der Waals surface area contributed by atoms with Crippen LogP contribution in [0.1, 0.15) is 49.0 Å². The topological polar surface area (TPSA) is 75.4 Å². The maximum absolute atomic E-state index is 11.8. The number of nitrogens with one attached hydrogen (secondary N) is 1. The number of hydrogen-bond donors (Lipinski definition) is 1. The van der Waals surface area contributed by atoms with Crippen molar-refractivity contribution in [3.05, 3.63) is 17.8 Å². The third-order valence-electron chi connectivity index (χ3n) is 3.39. The van der Waals surface area contributed by atoms with Crippen LogP contribution < -0.4 is 5.32 Å². The molecule has 0 atom stereocenters. The van der Waals surface area contributed by atoms with E-state index in [9.17, 15) is 9.59 Å². The van der Waals surface area contributed by atoms with Gasteiger partial charge in [-0.3, -0.25) is 9.59 Å². The van der Waals surface area contributed by atoms with E-state index in [0.717, 1.165) is 25.7 Å². The van der Waals surface area contributed by atoms with Crippen LogP contribution in [0.15, 0.2) is 10.7 Å². The number of oxazole rings is 1. The second-order valence-electron chi connectivity index (χ2n) is 5.25. The van der Waals surface area contributed by atoms with Crippen LogP contribution in [-0.2, 0) is 11.3 Å². The Kier molecular flexibility index (Phi) is 3.00. The van der Waals surface area contributed by atoms with Gasteiger partial charge in [-0.05, 0) is 25.7 Å². The summed E-state index contributed by atoms with van der Waals surface area (Å²) in [6.45, 7) is 1.89. The summed E-state index contributed by atoms with van der Waals surface area (Å²) in [5, 5.41) is 2.85. The van der Waals surface area contributed by atoms with E-state index in [4.69, 9.17) is 4.42 Å². The van der Waals surface area contributed by atoms with Crippen molar-refractivity contribution < 1.29 is 14.0 Å². The highest BCUT2D eigenvalue weighted by atomic mass is 16.3. The van der Waals surface area contributed by atoms with Crippen molar-refractivity contribution in [2.24, 2.45) is 0 Å². The van der Waals surface area contributed by atoms with Crippen LogP contribution in [0.3, 0.4) is 0 Å². The fourth-order valence-corrected chi connectivity index (χ4v) is 2.00. The van der Waals surface area contributed by atoms with Gasteiger partial charge in [0.05, 0.1) is 6.54 Å². The molecule has 0 aromatic carbocycles. The smallest absolute Gasteiger partial charge is 0.273 e. The van der Waals surface area contributed by atoms with E-state index in [1.54, 1.807) is 11.8 Å². The van der Waals surface area contributed by atoms with Crippen molar-refractivity contribution in [2.75, 3.05) is 0 Å². The zero-order valence-corrected chi connectivity index (χ0v) is 10.9. The quantitative estimate of drug-likeness (QED) is 0.862. The number of hydrogen-bond acceptors (Lipinski definition) is 4. The van der Waals surface area contributed by atoms with E-state index in [-0.39, 0.29) is 11.8 Å². The third-order valence-corrected chi connectivity index (χ3v) is 3.39. The maximum Gasteiger partial charge on any atom is 0.273 e. The molecule has 1 aromatic heterocycles. The summed E-state index contributed by atoms with van der Waals surface area (Å²) in [5.41, 5.74) is 0.293. The highest BCUT2D eigenvalue weighted by Crippen LogP contribution is 2.28. The molecule has 3 rings (SSSR count). The van der Waals surface area contributed by atoms with Gasteiger partial charge in [0.2, 0.25) is 11.8 Å². The van der Waals surface area contributed by atoms with E-state index < -0.39 is 0 Å². The van der Waals surface area contributed by atoms with Gasteiger partial charge in [0, 0.05) is 19.0 Å². The zero-order chi connectivity index (χ0) is 13.4. The fraction of sp³-hybridized carbons (Fsp3) is 0.615. The molecule has 2 fully saturated rings. The Morgan fingerprint density at radius 3 is 2.74 bits per heavy atom. The molecule has 0 aliphatic heterocycles. The molecule has 6 heteroatoms. The van der Waals surface area contributed by atoms with Gasteiger partial charge in [0.15, 0.2) is 5.69 Å². The molecular formula is C13H17N3O3. The standard InChI is InChI=1S/C13H17N3O3/c1-8(17)16(10-4-5-10)6-12-15-11(7-19-12)13(18)14-9-2-3-9/h7,9-10H,2-6H2,1H3,(H,14,18). The largest absolute Gasteiger partial charge is 0.446 e. The average molecular weight is 263 g/mol. The summed E-state index contributed by atoms with van der Waals surface area (Å²) in [4.78, 5) is 29.2. The lowest BCUT2D eigenvalue weighted by Crippen LogP contribution is -2.30. The van der Waals surface area contributed by atoms with Crippen molar-refractivity contribution >= 4 is 11.8 Å². The first-order chi connectivity index (χ1) is 9.13. The number of aromatic nitrogens is 1. The molecule has 2 aliphatic carbocycles. The number of nitrogens with zero attached hydrogens (tertiary/aromatic N) is 2. The normalized spacial score (nSPS) is 18.2. The van der Waals surface area contributed by atoms with Crippen molar-refractivity contribution in [2.45, 2.75) is 51.2 Å². The molecule has 19 heavy (non-hydrogen) atoms. The van der Waals surface area contributed by atoms with Crippen LogP contribution in [0, 0.1) is 0 Å². The second kappa shape index (κ2) is 4.68. The number of rotatable bonds is 5. The van der Waals surface area contributed by atoms with Crippen molar-refractivity contribution in [3.8, 4) is 0 Å². The zero-order valence-electron chi connectivity index (χ0n) is 10.9. The predicted molar refractivity (Wildman–Crippen MR) is 66.2 cm³/mol. The molecule has 2 aliphatic rings. The van der Waals surface area contributed by atoms with Crippen molar-refractivity contribution in [1.29, 1.82) is 0 Å². The van der Waals surface area contributed by atoms with Gasteiger partial charge < -0.3 is 14.6 Å². The van der Waals surface area contributed by atoms with Crippen LogP contribution in [-0.4, -0.2) is 33.8 Å². The number of carbonyl (C=O) groups excluding carboxylic acids is 2. The lowest BCUT2D eigenvalue weighted by Gasteiger charge is -2.18. The van der Waals surface area contributed by atoms with E-state index in [1.165, 1.54) is 6.26 Å². The van der Waals surface area contributed by atoms with Gasteiger partial charge in [0.25, 0.3) is 5.91 Å². The molecule has 0 radical (unpaired) electrons. The first-order valence-electron chi connectivity index (χ1n) is 6.66. The van der Waals surface area contributed by atoms with E-state index in [2.05, 4.69) is 10.3 Å². The first-order valence-corrected chi connectivity index (χ1v) is 6.66. The Morgan fingerprint density at radius 1 is 1.42 bits per heavy atom. The van der Waals surface area contributed by atoms with Crippen molar-refractivity contribution in [1.82, 2.24) is 15.2 Å². The minimum atomic E-state index is -0.196. The van der Waals surface area contributed by atoms with E-state index in [0.29, 0.717) is 30.2 Å². The second-order valence-corrected chi connectivity index (χ2v) is 5.25. The van der Waals surface area contributed by atoms with E-state index >= 15 is 0 Å². The summed E-state index contributed by atoms with van der Waals surface area (Å²) in [6.07, 6.45) is 5.51. The Hall–Kier alpha value is -1.85. The summed E-state index contributed by atoms with van der Waals surface area (Å²) < 4.78 is 5.28. The van der Waals surface area contributed by atoms with Gasteiger partial charge in [0.1, 0.15) is 6.26 Å². The molecule has 2 amide bonds. The Balaban J connectivity index is 1.63. The molecule has 0 spiro atoms. The molecule has 0 unspecified atom stereocenters. The molecule has 1 N–H and O–H groups in total. The van der Waals surface area contributed by atoms with Gasteiger partial charge in [-0.2, -0.15) is 0 Å². The molecular weight excluding hydrogens is 246 g/mol.